The molecule has 0 fully saturated rings. The van der Waals surface area contributed by atoms with Crippen LogP contribution in [0.5, 0.6) is 5.75 Å². The van der Waals surface area contributed by atoms with Crippen LogP contribution in [0.1, 0.15) is 48.2 Å². The van der Waals surface area contributed by atoms with E-state index in [1.54, 1.807) is 31.2 Å². The first-order chi connectivity index (χ1) is 22.3. The molecule has 256 valence electrons. The van der Waals surface area contributed by atoms with Crippen LogP contribution in [0, 0.1) is 12.7 Å². The van der Waals surface area contributed by atoms with Gasteiger partial charge in [-0.2, -0.15) is 18.3 Å². The lowest BCUT2D eigenvalue weighted by molar-refractivity contribution is -0.260. The van der Waals surface area contributed by atoms with E-state index in [1.165, 1.54) is 50.0 Å². The molecule has 48 heavy (non-hydrogen) atoms. The van der Waals surface area contributed by atoms with Gasteiger partial charge in [-0.3, -0.25) is 14.4 Å². The van der Waals surface area contributed by atoms with Gasteiger partial charge in [0.15, 0.2) is 5.60 Å². The van der Waals surface area contributed by atoms with Gasteiger partial charge in [-0.05, 0) is 72.9 Å². The van der Waals surface area contributed by atoms with Crippen molar-refractivity contribution in [3.8, 4) is 11.4 Å². The lowest BCUT2D eigenvalue weighted by atomic mass is 9.74. The SMILES string of the molecule is COc1ccc(F)cc1C(C)(C)CC(O)(CNc1cc(C)cc2c1cnn2-c1cccc(C(=O)NC(CC(N)=O)C(N)=O)c1)C(F)(F)F. The number of fused-ring (bicyclic) bond motifs is 1. The number of nitrogens with two attached hydrogens (primary N) is 2. The highest BCUT2D eigenvalue weighted by Crippen LogP contribution is 2.44. The van der Waals surface area contributed by atoms with E-state index < -0.39 is 66.2 Å². The van der Waals surface area contributed by atoms with E-state index in [0.717, 1.165) is 12.1 Å². The van der Waals surface area contributed by atoms with E-state index in [9.17, 15) is 37.1 Å². The van der Waals surface area contributed by atoms with Crippen LogP contribution in [0.25, 0.3) is 16.6 Å². The number of methoxy groups -OCH3 is 1. The third-order valence-corrected chi connectivity index (χ3v) is 7.96. The maximum absolute atomic E-state index is 14.5. The van der Waals surface area contributed by atoms with E-state index in [1.807, 2.05) is 0 Å². The average Bonchev–Trinajstić information content (AvgIpc) is 3.42. The summed E-state index contributed by atoms with van der Waals surface area (Å²) < 4.78 is 64.4. The average molecular weight is 673 g/mol. The van der Waals surface area contributed by atoms with Crippen molar-refractivity contribution >= 4 is 34.3 Å². The lowest BCUT2D eigenvalue weighted by Gasteiger charge is -2.38. The van der Waals surface area contributed by atoms with E-state index in [2.05, 4.69) is 15.7 Å². The summed E-state index contributed by atoms with van der Waals surface area (Å²) >= 11 is 0. The minimum absolute atomic E-state index is 0.102. The number of hydrogen-bond donors (Lipinski definition) is 5. The van der Waals surface area contributed by atoms with Crippen LogP contribution in [-0.4, -0.2) is 64.1 Å². The number of aromatic nitrogens is 2. The zero-order valence-corrected chi connectivity index (χ0v) is 26.6. The second kappa shape index (κ2) is 13.5. The molecule has 1 aromatic heterocycles. The van der Waals surface area contributed by atoms with Gasteiger partial charge in [0.05, 0.1) is 37.5 Å². The molecule has 0 aliphatic heterocycles. The highest BCUT2D eigenvalue weighted by Gasteiger charge is 2.56. The van der Waals surface area contributed by atoms with Crippen molar-refractivity contribution in [2.75, 3.05) is 19.0 Å². The number of carbonyl (C=O) groups excluding carboxylic acids is 3. The second-order valence-electron chi connectivity index (χ2n) is 12.2. The zero-order chi connectivity index (χ0) is 35.6. The number of anilines is 1. The summed E-state index contributed by atoms with van der Waals surface area (Å²) in [7, 11) is 1.32. The summed E-state index contributed by atoms with van der Waals surface area (Å²) in [6.07, 6.45) is -4.96. The Bertz CT molecular complexity index is 1860. The monoisotopic (exact) mass is 672 g/mol. The van der Waals surface area contributed by atoms with Crippen LogP contribution < -0.4 is 26.8 Å². The molecule has 3 amide bonds. The van der Waals surface area contributed by atoms with Crippen molar-refractivity contribution in [1.29, 1.82) is 0 Å². The highest BCUT2D eigenvalue weighted by molar-refractivity contribution is 5.99. The highest BCUT2D eigenvalue weighted by atomic mass is 19.4. The molecule has 3 aromatic carbocycles. The smallest absolute Gasteiger partial charge is 0.418 e. The van der Waals surface area contributed by atoms with Crippen LogP contribution in [0.4, 0.5) is 23.2 Å². The number of nitrogens with one attached hydrogen (secondary N) is 2. The maximum Gasteiger partial charge on any atom is 0.418 e. The lowest BCUT2D eigenvalue weighted by Crippen LogP contribution is -2.53. The number of benzene rings is 3. The van der Waals surface area contributed by atoms with Crippen molar-refractivity contribution in [1.82, 2.24) is 15.1 Å². The van der Waals surface area contributed by atoms with Crippen molar-refractivity contribution in [2.45, 2.75) is 56.8 Å². The Morgan fingerprint density at radius 3 is 2.40 bits per heavy atom. The summed E-state index contributed by atoms with van der Waals surface area (Å²) in [6, 6.07) is 11.7. The summed E-state index contributed by atoms with van der Waals surface area (Å²) in [6.45, 7) is 3.72. The number of rotatable bonds is 13. The molecule has 0 aliphatic rings. The molecule has 0 radical (unpaired) electrons. The predicted molar refractivity (Wildman–Crippen MR) is 170 cm³/mol. The normalized spacial score (nSPS) is 13.9. The Hall–Kier alpha value is -5.18. The number of aryl methyl sites for hydroxylation is 1. The van der Waals surface area contributed by atoms with E-state index in [4.69, 9.17) is 16.2 Å². The topological polar surface area (TPSA) is 175 Å². The molecule has 0 aliphatic carbocycles. The Labute approximate surface area is 273 Å². The molecule has 0 spiro atoms. The van der Waals surface area contributed by atoms with Gasteiger partial charge in [-0.15, -0.1) is 0 Å². The third kappa shape index (κ3) is 7.68. The van der Waals surface area contributed by atoms with Gasteiger partial charge in [-0.1, -0.05) is 19.9 Å². The number of hydrogen-bond acceptors (Lipinski definition) is 7. The van der Waals surface area contributed by atoms with Crippen LogP contribution in [0.3, 0.4) is 0 Å². The van der Waals surface area contributed by atoms with Crippen molar-refractivity contribution in [2.24, 2.45) is 11.5 Å². The first kappa shape index (κ1) is 35.7. The molecule has 4 aromatic rings. The predicted octanol–water partition coefficient (Wildman–Crippen LogP) is 4.01. The van der Waals surface area contributed by atoms with Crippen molar-refractivity contribution in [3.05, 3.63) is 83.3 Å². The maximum atomic E-state index is 14.5. The number of nitrogens with zero attached hydrogens (tertiary/aromatic N) is 2. The van der Waals surface area contributed by atoms with Crippen molar-refractivity contribution < 1.29 is 41.8 Å². The molecule has 7 N–H and O–H groups in total. The molecule has 2 atom stereocenters. The number of alkyl halides is 3. The van der Waals surface area contributed by atoms with Gasteiger partial charge in [0.1, 0.15) is 17.6 Å². The molecule has 0 bridgehead atoms. The Kier molecular flexibility index (Phi) is 10.0. The molecule has 0 saturated carbocycles. The van der Waals surface area contributed by atoms with Crippen LogP contribution in [0.2, 0.25) is 0 Å². The minimum Gasteiger partial charge on any atom is -0.496 e. The van der Waals surface area contributed by atoms with Gasteiger partial charge in [-0.25, -0.2) is 9.07 Å². The van der Waals surface area contributed by atoms with Crippen molar-refractivity contribution in [3.63, 3.8) is 0 Å². The first-order valence-corrected chi connectivity index (χ1v) is 14.7. The number of aliphatic hydroxyl groups is 1. The number of amides is 3. The largest absolute Gasteiger partial charge is 0.496 e. The minimum atomic E-state index is -5.07. The van der Waals surface area contributed by atoms with Gasteiger partial charge >= 0.3 is 6.18 Å². The molecular formula is C33H36F4N6O5. The molecule has 1 heterocycles. The summed E-state index contributed by atoms with van der Waals surface area (Å²) in [5, 5.41) is 21.1. The second-order valence-corrected chi connectivity index (χ2v) is 12.2. The summed E-state index contributed by atoms with van der Waals surface area (Å²) in [4.78, 5) is 35.9. The zero-order valence-electron chi connectivity index (χ0n) is 26.6. The van der Waals surface area contributed by atoms with Gasteiger partial charge in [0.2, 0.25) is 11.8 Å². The standard InChI is InChI=1S/C33H36F4N6O5/c1-18-10-24(40-17-32(47,33(35,36)37)16-31(2,3)23-13-20(34)8-9-27(23)48-4)22-15-41-43(26(22)11-18)21-7-5-6-19(12-21)30(46)42-25(29(39)45)14-28(38)44/h5-13,15,25,40,47H,14,16-17H2,1-4H3,(H2,38,44)(H2,39,45)(H,42,46). The third-order valence-electron chi connectivity index (χ3n) is 7.96. The van der Waals surface area contributed by atoms with Crippen LogP contribution >= 0.6 is 0 Å². The Morgan fingerprint density at radius 1 is 1.06 bits per heavy atom. The summed E-state index contributed by atoms with van der Waals surface area (Å²) in [5.41, 5.74) is 7.84. The number of carbonyl (C=O) groups is 3. The Morgan fingerprint density at radius 2 is 1.77 bits per heavy atom. The molecule has 2 unspecified atom stereocenters. The molecule has 11 nitrogen and oxygen atoms in total. The molecule has 4 rings (SSSR count). The fraction of sp³-hybridized carbons (Fsp3) is 0.333. The molecular weight excluding hydrogens is 636 g/mol. The van der Waals surface area contributed by atoms with Crippen LogP contribution in [-0.2, 0) is 15.0 Å². The first-order valence-electron chi connectivity index (χ1n) is 14.7. The van der Waals surface area contributed by atoms with Gasteiger partial charge < -0.3 is 31.9 Å². The summed E-state index contributed by atoms with van der Waals surface area (Å²) in [5.74, 6) is -2.95. The van der Waals surface area contributed by atoms with E-state index in [-0.39, 0.29) is 22.6 Å². The number of primary amides is 2. The fourth-order valence-corrected chi connectivity index (χ4v) is 5.60. The number of halogens is 4. The fourth-order valence-electron chi connectivity index (χ4n) is 5.60. The van der Waals surface area contributed by atoms with E-state index in [0.29, 0.717) is 22.2 Å². The van der Waals surface area contributed by atoms with E-state index >= 15 is 0 Å². The van der Waals surface area contributed by atoms with Gasteiger partial charge in [0, 0.05) is 22.2 Å². The molecule has 15 heteroatoms. The number of ether oxygens (including phenoxy) is 1. The quantitative estimate of drug-likeness (QED) is 0.133. The van der Waals surface area contributed by atoms with Crippen LogP contribution in [0.15, 0.2) is 60.8 Å². The van der Waals surface area contributed by atoms with Gasteiger partial charge in [0.25, 0.3) is 5.91 Å². The molecule has 0 saturated heterocycles. The Balaban J connectivity index is 1.65.